The third-order valence-corrected chi connectivity index (χ3v) is 3.63. The Kier molecular flexibility index (Phi) is 3.76. The molecule has 1 aromatic heterocycles. The van der Waals surface area contributed by atoms with E-state index in [0.29, 0.717) is 23.1 Å². The second-order valence-corrected chi connectivity index (χ2v) is 5.05. The van der Waals surface area contributed by atoms with Gasteiger partial charge >= 0.3 is 0 Å². The Morgan fingerprint density at radius 2 is 1.90 bits per heavy atom. The highest BCUT2D eigenvalue weighted by Crippen LogP contribution is 2.30. The van der Waals surface area contributed by atoms with Crippen LogP contribution in [0.1, 0.15) is 11.1 Å². The summed E-state index contributed by atoms with van der Waals surface area (Å²) in [6.45, 7) is 1.71. The number of pyridine rings is 1. The van der Waals surface area contributed by atoms with Gasteiger partial charge in [0.2, 0.25) is 5.88 Å². The van der Waals surface area contributed by atoms with Crippen LogP contribution in [0.3, 0.4) is 0 Å². The maximum atomic E-state index is 13.6. The van der Waals surface area contributed by atoms with Gasteiger partial charge in [0.25, 0.3) is 0 Å². The van der Waals surface area contributed by atoms with E-state index in [4.69, 9.17) is 16.3 Å². The van der Waals surface area contributed by atoms with Gasteiger partial charge in [-0.1, -0.05) is 24.3 Å². The van der Waals surface area contributed by atoms with Crippen molar-refractivity contribution in [2.45, 2.75) is 12.8 Å². The fourth-order valence-corrected chi connectivity index (χ4v) is 2.37. The zero-order chi connectivity index (χ0) is 14.8. The van der Waals surface area contributed by atoms with Gasteiger partial charge in [-0.25, -0.2) is 9.37 Å². The lowest BCUT2D eigenvalue weighted by atomic mass is 10.1. The first-order valence-electron chi connectivity index (χ1n) is 6.55. The molecular weight excluding hydrogens is 289 g/mol. The standard InChI is InChI=1S/C17H13ClFNO/c1-11-6-7-13(8-16(11)19)21-17-15-5-3-2-4-14(15)12(9-18)10-20-17/h2-8,10H,9H2,1H3. The summed E-state index contributed by atoms with van der Waals surface area (Å²) >= 11 is 5.93. The number of halogens is 2. The van der Waals surface area contributed by atoms with Crippen molar-refractivity contribution < 1.29 is 9.13 Å². The molecule has 0 unspecified atom stereocenters. The molecule has 0 bridgehead atoms. The number of benzene rings is 2. The summed E-state index contributed by atoms with van der Waals surface area (Å²) in [4.78, 5) is 4.30. The maximum absolute atomic E-state index is 13.6. The second-order valence-electron chi connectivity index (χ2n) is 4.78. The van der Waals surface area contributed by atoms with Gasteiger partial charge in [-0.3, -0.25) is 0 Å². The van der Waals surface area contributed by atoms with Crippen LogP contribution >= 0.6 is 11.6 Å². The SMILES string of the molecule is Cc1ccc(Oc2ncc(CCl)c3ccccc23)cc1F. The van der Waals surface area contributed by atoms with E-state index in [-0.39, 0.29) is 5.82 Å². The molecule has 0 aliphatic heterocycles. The van der Waals surface area contributed by atoms with Gasteiger partial charge in [-0.2, -0.15) is 0 Å². The number of nitrogens with zero attached hydrogens (tertiary/aromatic N) is 1. The molecule has 0 N–H and O–H groups in total. The van der Waals surface area contributed by atoms with Crippen molar-refractivity contribution in [1.82, 2.24) is 4.98 Å². The average molecular weight is 302 g/mol. The van der Waals surface area contributed by atoms with Crippen molar-refractivity contribution in [3.05, 3.63) is 65.6 Å². The minimum atomic E-state index is -0.297. The summed E-state index contributed by atoms with van der Waals surface area (Å²) in [6.07, 6.45) is 1.69. The predicted molar refractivity (Wildman–Crippen MR) is 82.5 cm³/mol. The molecule has 21 heavy (non-hydrogen) atoms. The van der Waals surface area contributed by atoms with Gasteiger partial charge in [0, 0.05) is 23.5 Å². The minimum Gasteiger partial charge on any atom is -0.438 e. The summed E-state index contributed by atoms with van der Waals surface area (Å²) in [6, 6.07) is 12.5. The van der Waals surface area contributed by atoms with Crippen LogP contribution < -0.4 is 4.74 Å². The number of fused-ring (bicyclic) bond motifs is 1. The zero-order valence-corrected chi connectivity index (χ0v) is 12.2. The van der Waals surface area contributed by atoms with E-state index in [1.165, 1.54) is 6.07 Å². The molecule has 3 rings (SSSR count). The van der Waals surface area contributed by atoms with Gasteiger partial charge in [-0.05, 0) is 35.6 Å². The summed E-state index contributed by atoms with van der Waals surface area (Å²) in [5, 5.41) is 1.85. The van der Waals surface area contributed by atoms with E-state index in [1.54, 1.807) is 25.3 Å². The highest BCUT2D eigenvalue weighted by Gasteiger charge is 2.09. The molecule has 1 heterocycles. The van der Waals surface area contributed by atoms with E-state index in [0.717, 1.165) is 16.3 Å². The summed E-state index contributed by atoms with van der Waals surface area (Å²) in [7, 11) is 0. The Labute approximate surface area is 127 Å². The van der Waals surface area contributed by atoms with E-state index in [2.05, 4.69) is 4.98 Å². The number of hydrogen-bond acceptors (Lipinski definition) is 2. The van der Waals surface area contributed by atoms with Gasteiger partial charge in [0.15, 0.2) is 0 Å². The van der Waals surface area contributed by atoms with E-state index in [1.807, 2.05) is 24.3 Å². The smallest absolute Gasteiger partial charge is 0.227 e. The predicted octanol–water partition coefficient (Wildman–Crippen LogP) is 5.21. The molecule has 0 saturated carbocycles. The van der Waals surface area contributed by atoms with Crippen molar-refractivity contribution >= 4 is 22.4 Å². The molecule has 0 amide bonds. The molecule has 3 aromatic rings. The normalized spacial score (nSPS) is 10.8. The first kappa shape index (κ1) is 13.8. The number of ether oxygens (including phenoxy) is 1. The molecule has 0 atom stereocenters. The lowest BCUT2D eigenvalue weighted by Gasteiger charge is -2.10. The van der Waals surface area contributed by atoms with Gasteiger partial charge in [0.05, 0.1) is 0 Å². The second kappa shape index (κ2) is 5.70. The van der Waals surface area contributed by atoms with E-state index < -0.39 is 0 Å². The third-order valence-electron chi connectivity index (χ3n) is 3.34. The Morgan fingerprint density at radius 3 is 2.62 bits per heavy atom. The number of aryl methyl sites for hydroxylation is 1. The van der Waals surface area contributed by atoms with Crippen LogP contribution in [0.15, 0.2) is 48.7 Å². The molecular formula is C17H13ClFNO. The molecule has 0 aliphatic rings. The first-order chi connectivity index (χ1) is 10.2. The summed E-state index contributed by atoms with van der Waals surface area (Å²) in [5.74, 6) is 0.957. The molecule has 0 spiro atoms. The van der Waals surface area contributed by atoms with Crippen molar-refractivity contribution in [1.29, 1.82) is 0 Å². The molecule has 106 valence electrons. The van der Waals surface area contributed by atoms with Gasteiger partial charge < -0.3 is 4.74 Å². The van der Waals surface area contributed by atoms with Crippen LogP contribution in [0.4, 0.5) is 4.39 Å². The van der Waals surface area contributed by atoms with Gasteiger partial charge in [-0.15, -0.1) is 11.6 Å². The van der Waals surface area contributed by atoms with Crippen molar-refractivity contribution in [3.63, 3.8) is 0 Å². The number of alkyl halides is 1. The quantitative estimate of drug-likeness (QED) is 0.619. The topological polar surface area (TPSA) is 22.1 Å². The highest BCUT2D eigenvalue weighted by molar-refractivity contribution is 6.18. The van der Waals surface area contributed by atoms with Crippen LogP contribution in [-0.2, 0) is 5.88 Å². The average Bonchev–Trinajstić information content (AvgIpc) is 2.51. The fraction of sp³-hybridized carbons (Fsp3) is 0.118. The fourth-order valence-electron chi connectivity index (χ4n) is 2.16. The van der Waals surface area contributed by atoms with Gasteiger partial charge in [0.1, 0.15) is 11.6 Å². The van der Waals surface area contributed by atoms with E-state index >= 15 is 0 Å². The Bertz CT molecular complexity index is 804. The summed E-state index contributed by atoms with van der Waals surface area (Å²) < 4.78 is 19.3. The zero-order valence-electron chi connectivity index (χ0n) is 11.4. The molecule has 4 heteroatoms. The molecule has 2 aromatic carbocycles. The van der Waals surface area contributed by atoms with Crippen LogP contribution in [0.25, 0.3) is 10.8 Å². The first-order valence-corrected chi connectivity index (χ1v) is 7.09. The number of aromatic nitrogens is 1. The van der Waals surface area contributed by atoms with Crippen molar-refractivity contribution in [2.75, 3.05) is 0 Å². The van der Waals surface area contributed by atoms with E-state index in [9.17, 15) is 4.39 Å². The lowest BCUT2D eigenvalue weighted by Crippen LogP contribution is -1.93. The third kappa shape index (κ3) is 2.69. The summed E-state index contributed by atoms with van der Waals surface area (Å²) in [5.41, 5.74) is 1.52. The molecule has 0 radical (unpaired) electrons. The monoisotopic (exact) mass is 301 g/mol. The van der Waals surface area contributed by atoms with Crippen molar-refractivity contribution in [2.24, 2.45) is 0 Å². The number of rotatable bonds is 3. The van der Waals surface area contributed by atoms with Crippen LogP contribution in [0.2, 0.25) is 0 Å². The molecule has 0 aliphatic carbocycles. The molecule has 0 saturated heterocycles. The van der Waals surface area contributed by atoms with Crippen LogP contribution in [-0.4, -0.2) is 4.98 Å². The number of hydrogen-bond donors (Lipinski definition) is 0. The Balaban J connectivity index is 2.06. The van der Waals surface area contributed by atoms with Crippen molar-refractivity contribution in [3.8, 4) is 11.6 Å². The maximum Gasteiger partial charge on any atom is 0.227 e. The van der Waals surface area contributed by atoms with Crippen LogP contribution in [0, 0.1) is 12.7 Å². The molecule has 2 nitrogen and oxygen atoms in total. The molecule has 0 fully saturated rings. The van der Waals surface area contributed by atoms with Crippen LogP contribution in [0.5, 0.6) is 11.6 Å². The largest absolute Gasteiger partial charge is 0.438 e. The Morgan fingerprint density at radius 1 is 1.14 bits per heavy atom. The Hall–Kier alpha value is -2.13. The highest BCUT2D eigenvalue weighted by atomic mass is 35.5. The minimum absolute atomic E-state index is 0.297. The lowest BCUT2D eigenvalue weighted by molar-refractivity contribution is 0.463.